The SMILES string of the molecule is N#Cc1c(Cl)nc2ccccc2c1N1C(=O)N(c2ccccc2)C(c2cccs2)N1c1ccccc1. The van der Waals surface area contributed by atoms with E-state index in [4.69, 9.17) is 11.6 Å². The van der Waals surface area contributed by atoms with Crippen molar-refractivity contribution in [2.24, 2.45) is 0 Å². The highest BCUT2D eigenvalue weighted by molar-refractivity contribution is 7.10. The summed E-state index contributed by atoms with van der Waals surface area (Å²) < 4.78 is 0. The van der Waals surface area contributed by atoms with Crippen molar-refractivity contribution in [3.63, 3.8) is 0 Å². The van der Waals surface area contributed by atoms with Gasteiger partial charge in [0.05, 0.1) is 16.9 Å². The minimum atomic E-state index is -0.487. The summed E-state index contributed by atoms with van der Waals surface area (Å²) in [5.41, 5.74) is 2.69. The number of rotatable bonds is 4. The van der Waals surface area contributed by atoms with Crippen LogP contribution in [0.2, 0.25) is 5.15 Å². The molecule has 36 heavy (non-hydrogen) atoms. The minimum absolute atomic E-state index is 0.0536. The molecular weight excluding hydrogens is 490 g/mol. The first-order valence-electron chi connectivity index (χ1n) is 11.2. The fraction of sp³-hybridized carbons (Fsp3) is 0.0357. The van der Waals surface area contributed by atoms with Gasteiger partial charge in [0.25, 0.3) is 0 Å². The largest absolute Gasteiger partial charge is 0.350 e. The van der Waals surface area contributed by atoms with Gasteiger partial charge in [0, 0.05) is 16.0 Å². The Morgan fingerprint density at radius 1 is 0.861 bits per heavy atom. The van der Waals surface area contributed by atoms with Crippen LogP contribution in [-0.4, -0.2) is 11.0 Å². The Morgan fingerprint density at radius 3 is 2.19 bits per heavy atom. The predicted octanol–water partition coefficient (Wildman–Crippen LogP) is 7.39. The molecular formula is C28H18ClN5OS. The number of hydrazine groups is 1. The van der Waals surface area contributed by atoms with Crippen molar-refractivity contribution in [3.05, 3.63) is 118 Å². The van der Waals surface area contributed by atoms with E-state index >= 15 is 0 Å². The number of halogens is 1. The molecule has 0 bridgehead atoms. The Morgan fingerprint density at radius 2 is 1.53 bits per heavy atom. The number of nitrogens with zero attached hydrogens (tertiary/aromatic N) is 5. The zero-order chi connectivity index (χ0) is 24.6. The van der Waals surface area contributed by atoms with Crippen LogP contribution in [0.3, 0.4) is 0 Å². The lowest BCUT2D eigenvalue weighted by Crippen LogP contribution is -2.40. The van der Waals surface area contributed by atoms with E-state index < -0.39 is 6.17 Å². The van der Waals surface area contributed by atoms with Gasteiger partial charge in [0.1, 0.15) is 16.8 Å². The van der Waals surface area contributed by atoms with Gasteiger partial charge in [-0.2, -0.15) is 10.3 Å². The standard InChI is InChI=1S/C28H18ClN5OS/c29-26-22(18-30)25(21-14-7-8-15-23(21)31-26)34-28(35)32(19-10-3-1-4-11-19)27(24-16-9-17-36-24)33(34)20-12-5-2-6-13-20/h1-17,27H. The number of nitriles is 1. The van der Waals surface area contributed by atoms with Gasteiger partial charge in [0.15, 0.2) is 6.17 Å². The van der Waals surface area contributed by atoms with E-state index in [1.165, 1.54) is 0 Å². The highest BCUT2D eigenvalue weighted by atomic mass is 35.5. The maximum Gasteiger partial charge on any atom is 0.350 e. The van der Waals surface area contributed by atoms with Gasteiger partial charge in [-0.25, -0.2) is 14.8 Å². The third-order valence-electron chi connectivity index (χ3n) is 6.08. The summed E-state index contributed by atoms with van der Waals surface area (Å²) in [6, 6.07) is 32.5. The van der Waals surface area contributed by atoms with Crippen molar-refractivity contribution >= 4 is 56.9 Å². The molecule has 0 N–H and O–H groups in total. The number of hydrogen-bond acceptors (Lipinski definition) is 5. The Hall–Kier alpha value is -4.38. The monoisotopic (exact) mass is 507 g/mol. The highest BCUT2D eigenvalue weighted by Gasteiger charge is 2.48. The van der Waals surface area contributed by atoms with E-state index in [-0.39, 0.29) is 16.7 Å². The molecule has 3 heterocycles. The molecule has 6 rings (SSSR count). The van der Waals surface area contributed by atoms with E-state index in [0.29, 0.717) is 16.6 Å². The Bertz CT molecular complexity index is 1600. The van der Waals surface area contributed by atoms with Gasteiger partial charge in [-0.15, -0.1) is 11.3 Å². The van der Waals surface area contributed by atoms with Crippen molar-refractivity contribution in [2.75, 3.05) is 14.9 Å². The molecule has 5 aromatic rings. The molecule has 1 fully saturated rings. The van der Waals surface area contributed by atoms with Crippen LogP contribution in [0.25, 0.3) is 10.9 Å². The molecule has 1 atom stereocenters. The smallest absolute Gasteiger partial charge is 0.265 e. The highest BCUT2D eigenvalue weighted by Crippen LogP contribution is 2.47. The van der Waals surface area contributed by atoms with Crippen LogP contribution in [0.15, 0.2) is 102 Å². The van der Waals surface area contributed by atoms with Crippen LogP contribution in [0.5, 0.6) is 0 Å². The van der Waals surface area contributed by atoms with E-state index in [1.54, 1.807) is 21.2 Å². The lowest BCUT2D eigenvalue weighted by molar-refractivity contribution is 0.255. The van der Waals surface area contributed by atoms with Crippen molar-refractivity contribution in [1.82, 2.24) is 4.98 Å². The van der Waals surface area contributed by atoms with E-state index in [9.17, 15) is 10.1 Å². The second kappa shape index (κ2) is 9.00. The number of benzene rings is 3. The van der Waals surface area contributed by atoms with Gasteiger partial charge >= 0.3 is 6.03 Å². The number of carbonyl (C=O) groups excluding carboxylic acids is 1. The molecule has 3 aromatic carbocycles. The first-order valence-corrected chi connectivity index (χ1v) is 12.5. The molecule has 0 spiro atoms. The summed E-state index contributed by atoms with van der Waals surface area (Å²) in [5, 5.41) is 16.4. The number of pyridine rings is 1. The molecule has 174 valence electrons. The Balaban J connectivity index is 1.69. The molecule has 1 aliphatic heterocycles. The average Bonchev–Trinajstić information content (AvgIpc) is 3.55. The van der Waals surface area contributed by atoms with Crippen molar-refractivity contribution in [1.29, 1.82) is 5.26 Å². The molecule has 8 heteroatoms. The lowest BCUT2D eigenvalue weighted by Gasteiger charge is -2.33. The molecule has 1 aliphatic rings. The molecule has 6 nitrogen and oxygen atoms in total. The number of para-hydroxylation sites is 3. The van der Waals surface area contributed by atoms with E-state index in [0.717, 1.165) is 16.3 Å². The van der Waals surface area contributed by atoms with E-state index in [2.05, 4.69) is 11.1 Å². The van der Waals surface area contributed by atoms with Gasteiger partial charge < -0.3 is 0 Å². The summed E-state index contributed by atoms with van der Waals surface area (Å²) >= 11 is 8.08. The van der Waals surface area contributed by atoms with Crippen molar-refractivity contribution in [3.8, 4) is 6.07 Å². The first-order chi connectivity index (χ1) is 17.7. The third-order valence-corrected chi connectivity index (χ3v) is 7.26. The van der Waals surface area contributed by atoms with Crippen LogP contribution in [0.1, 0.15) is 16.6 Å². The Kier molecular flexibility index (Phi) is 5.53. The molecule has 1 unspecified atom stereocenters. The maximum atomic E-state index is 14.5. The summed E-state index contributed by atoms with van der Waals surface area (Å²) in [6.07, 6.45) is -0.487. The number of amides is 2. The zero-order valence-electron chi connectivity index (χ0n) is 18.8. The number of fused-ring (bicyclic) bond motifs is 1. The molecule has 2 aromatic heterocycles. The minimum Gasteiger partial charge on any atom is -0.265 e. The fourth-order valence-corrected chi connectivity index (χ4v) is 5.59. The second-order valence-corrected chi connectivity index (χ2v) is 9.46. The topological polar surface area (TPSA) is 63.5 Å². The second-order valence-electron chi connectivity index (χ2n) is 8.12. The van der Waals surface area contributed by atoms with Crippen LogP contribution in [0.4, 0.5) is 21.9 Å². The molecule has 0 radical (unpaired) electrons. The fourth-order valence-electron chi connectivity index (χ4n) is 4.57. The van der Waals surface area contributed by atoms with Crippen molar-refractivity contribution in [2.45, 2.75) is 6.17 Å². The zero-order valence-corrected chi connectivity index (χ0v) is 20.4. The first kappa shape index (κ1) is 22.1. The maximum absolute atomic E-state index is 14.5. The van der Waals surface area contributed by atoms with Crippen LogP contribution in [0, 0.1) is 11.3 Å². The van der Waals surface area contributed by atoms with Gasteiger partial charge in [-0.3, -0.25) is 4.90 Å². The summed E-state index contributed by atoms with van der Waals surface area (Å²) in [7, 11) is 0. The molecule has 2 amide bonds. The summed E-state index contributed by atoms with van der Waals surface area (Å²) in [5.74, 6) is 0. The number of aromatic nitrogens is 1. The number of carbonyl (C=O) groups is 1. The quantitative estimate of drug-likeness (QED) is 0.238. The summed E-state index contributed by atoms with van der Waals surface area (Å²) in [4.78, 5) is 21.6. The van der Waals surface area contributed by atoms with Crippen LogP contribution in [-0.2, 0) is 0 Å². The number of thiophene rings is 1. The third kappa shape index (κ3) is 3.47. The van der Waals surface area contributed by atoms with Gasteiger partial charge in [-0.05, 0) is 41.8 Å². The summed E-state index contributed by atoms with van der Waals surface area (Å²) in [6.45, 7) is 0. The molecule has 1 saturated heterocycles. The lowest BCUT2D eigenvalue weighted by atomic mass is 10.1. The van der Waals surface area contributed by atoms with Crippen LogP contribution < -0.4 is 14.9 Å². The van der Waals surface area contributed by atoms with Crippen molar-refractivity contribution < 1.29 is 4.79 Å². The molecule has 0 saturated carbocycles. The predicted molar refractivity (Wildman–Crippen MR) is 144 cm³/mol. The molecule has 0 aliphatic carbocycles. The van der Waals surface area contributed by atoms with E-state index in [1.807, 2.05) is 107 Å². The van der Waals surface area contributed by atoms with Gasteiger partial charge in [0.2, 0.25) is 0 Å². The van der Waals surface area contributed by atoms with Gasteiger partial charge in [-0.1, -0.05) is 72.3 Å². The Labute approximate surface area is 216 Å². The normalized spacial score (nSPS) is 15.5. The van der Waals surface area contributed by atoms with Crippen LogP contribution >= 0.6 is 22.9 Å². The number of anilines is 3. The average molecular weight is 508 g/mol. The number of hydrogen-bond donors (Lipinski definition) is 0. The number of urea groups is 1.